The second-order valence-corrected chi connectivity index (χ2v) is 6.48. The Morgan fingerprint density at radius 1 is 1.10 bits per heavy atom. The molecule has 0 atom stereocenters. The molecule has 1 aromatic carbocycles. The van der Waals surface area contributed by atoms with Crippen LogP contribution in [0.3, 0.4) is 0 Å². The van der Waals surface area contributed by atoms with Gasteiger partial charge in [-0.1, -0.05) is 6.07 Å². The van der Waals surface area contributed by atoms with Gasteiger partial charge in [-0.15, -0.1) is 0 Å². The number of benzene rings is 1. The Hall–Kier alpha value is -1.84. The number of hydrogen-bond acceptors (Lipinski definition) is 2. The first-order chi connectivity index (χ1) is 9.97. The highest BCUT2D eigenvalue weighted by Gasteiger charge is 2.45. The molecule has 1 aromatic rings. The number of carbonyl (C=O) groups is 2. The van der Waals surface area contributed by atoms with Crippen molar-refractivity contribution in [3.8, 4) is 0 Å². The monoisotopic (exact) mass is 287 g/mol. The van der Waals surface area contributed by atoms with Gasteiger partial charge >= 0.3 is 5.97 Å². The summed E-state index contributed by atoms with van der Waals surface area (Å²) in [5.74, 6) is 0.329. The molecule has 0 spiro atoms. The SMILES string of the molecule is Cc1cc(C)c(C(=O)O)cc1NC(=O)C(C1CC1)C1CC1. The molecule has 0 aliphatic heterocycles. The van der Waals surface area contributed by atoms with E-state index in [2.05, 4.69) is 5.32 Å². The van der Waals surface area contributed by atoms with Gasteiger partial charge in [-0.25, -0.2) is 4.79 Å². The Bertz CT molecular complexity index is 588. The van der Waals surface area contributed by atoms with Crippen molar-refractivity contribution in [2.45, 2.75) is 39.5 Å². The van der Waals surface area contributed by atoms with E-state index in [0.29, 0.717) is 17.5 Å². The van der Waals surface area contributed by atoms with Crippen LogP contribution in [0.5, 0.6) is 0 Å². The summed E-state index contributed by atoms with van der Waals surface area (Å²) in [6.07, 6.45) is 4.62. The fourth-order valence-electron chi connectivity index (χ4n) is 3.16. The van der Waals surface area contributed by atoms with Crippen molar-refractivity contribution >= 4 is 17.6 Å². The highest BCUT2D eigenvalue weighted by molar-refractivity contribution is 5.97. The van der Waals surface area contributed by atoms with E-state index in [9.17, 15) is 14.7 Å². The highest BCUT2D eigenvalue weighted by atomic mass is 16.4. The third-order valence-corrected chi connectivity index (χ3v) is 4.62. The maximum atomic E-state index is 12.5. The van der Waals surface area contributed by atoms with E-state index in [1.54, 1.807) is 13.0 Å². The molecule has 21 heavy (non-hydrogen) atoms. The minimum Gasteiger partial charge on any atom is -0.478 e. The summed E-state index contributed by atoms with van der Waals surface area (Å²) in [7, 11) is 0. The molecule has 0 heterocycles. The van der Waals surface area contributed by atoms with Crippen molar-refractivity contribution < 1.29 is 14.7 Å². The summed E-state index contributed by atoms with van der Waals surface area (Å²) in [4.78, 5) is 23.8. The summed E-state index contributed by atoms with van der Waals surface area (Å²) in [6.45, 7) is 3.68. The topological polar surface area (TPSA) is 66.4 Å². The van der Waals surface area contributed by atoms with Gasteiger partial charge in [0.25, 0.3) is 0 Å². The summed E-state index contributed by atoms with van der Waals surface area (Å²) in [5, 5.41) is 12.2. The zero-order chi connectivity index (χ0) is 15.1. The average molecular weight is 287 g/mol. The number of hydrogen-bond donors (Lipinski definition) is 2. The van der Waals surface area contributed by atoms with Crippen molar-refractivity contribution in [3.05, 3.63) is 28.8 Å². The Morgan fingerprint density at radius 2 is 1.67 bits per heavy atom. The second kappa shape index (κ2) is 5.17. The lowest BCUT2D eigenvalue weighted by molar-refractivity contribution is -0.121. The van der Waals surface area contributed by atoms with E-state index >= 15 is 0 Å². The van der Waals surface area contributed by atoms with Crippen LogP contribution in [0.1, 0.15) is 47.2 Å². The molecule has 1 amide bonds. The van der Waals surface area contributed by atoms with Gasteiger partial charge in [0, 0.05) is 11.6 Å². The normalized spacial score (nSPS) is 17.9. The number of carbonyl (C=O) groups excluding carboxylic acids is 1. The predicted molar refractivity (Wildman–Crippen MR) is 80.4 cm³/mol. The van der Waals surface area contributed by atoms with Crippen LogP contribution in [0.15, 0.2) is 12.1 Å². The van der Waals surface area contributed by atoms with Crippen LogP contribution in [0, 0.1) is 31.6 Å². The number of carboxylic acids is 1. The lowest BCUT2D eigenvalue weighted by Gasteiger charge is -2.17. The molecule has 2 N–H and O–H groups in total. The summed E-state index contributed by atoms with van der Waals surface area (Å²) in [6, 6.07) is 3.41. The molecule has 0 unspecified atom stereocenters. The van der Waals surface area contributed by atoms with Gasteiger partial charge in [-0.05, 0) is 68.6 Å². The van der Waals surface area contributed by atoms with E-state index < -0.39 is 5.97 Å². The Morgan fingerprint density at radius 3 is 2.14 bits per heavy atom. The van der Waals surface area contributed by atoms with Crippen LogP contribution < -0.4 is 5.32 Å². The molecule has 4 nitrogen and oxygen atoms in total. The van der Waals surface area contributed by atoms with Gasteiger partial charge in [0.05, 0.1) is 5.56 Å². The molecule has 4 heteroatoms. The average Bonchev–Trinajstić information content (AvgIpc) is 3.26. The Labute approximate surface area is 124 Å². The first-order valence-electron chi connectivity index (χ1n) is 7.62. The largest absolute Gasteiger partial charge is 0.478 e. The third kappa shape index (κ3) is 2.94. The lowest BCUT2D eigenvalue weighted by atomic mass is 9.96. The predicted octanol–water partition coefficient (Wildman–Crippen LogP) is 3.38. The maximum absolute atomic E-state index is 12.5. The number of anilines is 1. The van der Waals surface area contributed by atoms with Crippen LogP contribution in [-0.4, -0.2) is 17.0 Å². The summed E-state index contributed by atoms with van der Waals surface area (Å²) >= 11 is 0. The van der Waals surface area contributed by atoms with Crippen molar-refractivity contribution in [1.82, 2.24) is 0 Å². The van der Waals surface area contributed by atoms with Crippen molar-refractivity contribution in [2.24, 2.45) is 17.8 Å². The van der Waals surface area contributed by atoms with Gasteiger partial charge in [-0.2, -0.15) is 0 Å². The first kappa shape index (κ1) is 14.1. The maximum Gasteiger partial charge on any atom is 0.336 e. The smallest absolute Gasteiger partial charge is 0.336 e. The van der Waals surface area contributed by atoms with E-state index in [1.165, 1.54) is 0 Å². The molecule has 2 saturated carbocycles. The Balaban J connectivity index is 1.81. The standard InChI is InChI=1S/C17H21NO3/c1-9-7-10(2)14(8-13(9)17(20)21)18-16(19)15(11-3-4-11)12-5-6-12/h7-8,11-12,15H,3-6H2,1-2H3,(H,18,19)(H,20,21). The van der Waals surface area contributed by atoms with E-state index in [4.69, 9.17) is 0 Å². The van der Waals surface area contributed by atoms with Crippen LogP contribution in [0.4, 0.5) is 5.69 Å². The molecular weight excluding hydrogens is 266 g/mol. The van der Waals surface area contributed by atoms with E-state index in [-0.39, 0.29) is 17.4 Å². The summed E-state index contributed by atoms with van der Waals surface area (Å²) < 4.78 is 0. The van der Waals surface area contributed by atoms with Crippen molar-refractivity contribution in [2.75, 3.05) is 5.32 Å². The minimum absolute atomic E-state index is 0.0725. The van der Waals surface area contributed by atoms with E-state index in [0.717, 1.165) is 36.8 Å². The molecule has 0 aromatic heterocycles. The fraction of sp³-hybridized carbons (Fsp3) is 0.529. The molecule has 112 valence electrons. The van der Waals surface area contributed by atoms with Gasteiger partial charge in [-0.3, -0.25) is 4.79 Å². The number of rotatable bonds is 5. The van der Waals surface area contributed by atoms with Gasteiger partial charge in [0.1, 0.15) is 0 Å². The summed E-state index contributed by atoms with van der Waals surface area (Å²) in [5.41, 5.74) is 2.52. The first-order valence-corrected chi connectivity index (χ1v) is 7.62. The van der Waals surface area contributed by atoms with Gasteiger partial charge in [0.2, 0.25) is 5.91 Å². The quantitative estimate of drug-likeness (QED) is 0.872. The number of nitrogens with one attached hydrogen (secondary N) is 1. The van der Waals surface area contributed by atoms with Crippen molar-refractivity contribution in [3.63, 3.8) is 0 Å². The van der Waals surface area contributed by atoms with Crippen LogP contribution in [0.2, 0.25) is 0 Å². The third-order valence-electron chi connectivity index (χ3n) is 4.62. The molecule has 2 aliphatic carbocycles. The number of amides is 1. The van der Waals surface area contributed by atoms with Gasteiger partial charge in [0.15, 0.2) is 0 Å². The van der Waals surface area contributed by atoms with Crippen LogP contribution >= 0.6 is 0 Å². The van der Waals surface area contributed by atoms with Crippen molar-refractivity contribution in [1.29, 1.82) is 0 Å². The number of aromatic carboxylic acids is 1. The molecule has 2 aliphatic rings. The fourth-order valence-corrected chi connectivity index (χ4v) is 3.16. The molecule has 0 bridgehead atoms. The molecule has 3 rings (SSSR count). The van der Waals surface area contributed by atoms with Crippen LogP contribution in [0.25, 0.3) is 0 Å². The number of carboxylic acid groups (broad SMARTS) is 1. The van der Waals surface area contributed by atoms with Gasteiger partial charge < -0.3 is 10.4 Å². The van der Waals surface area contributed by atoms with E-state index in [1.807, 2.05) is 13.0 Å². The minimum atomic E-state index is -0.955. The molecule has 0 radical (unpaired) electrons. The molecule has 0 saturated heterocycles. The van der Waals surface area contributed by atoms with Crippen LogP contribution in [-0.2, 0) is 4.79 Å². The zero-order valence-electron chi connectivity index (χ0n) is 12.5. The Kier molecular flexibility index (Phi) is 3.47. The highest BCUT2D eigenvalue weighted by Crippen LogP contribution is 2.49. The zero-order valence-corrected chi connectivity index (χ0v) is 12.5. The molecule has 2 fully saturated rings. The second-order valence-electron chi connectivity index (χ2n) is 6.48. The lowest BCUT2D eigenvalue weighted by Crippen LogP contribution is -2.26. The molecular formula is C17H21NO3. The number of aryl methyl sites for hydroxylation is 2.